The molecule has 0 aliphatic carbocycles. The molecule has 6 saturated heterocycles. The summed E-state index contributed by atoms with van der Waals surface area (Å²) in [4.78, 5) is 14.6. The number of hydrogen-bond acceptors (Lipinski definition) is 7. The van der Waals surface area contributed by atoms with Crippen molar-refractivity contribution < 1.29 is 36.7 Å². The van der Waals surface area contributed by atoms with E-state index in [9.17, 15) is 17.8 Å². The second-order valence-electron chi connectivity index (χ2n) is 14.1. The van der Waals surface area contributed by atoms with Gasteiger partial charge in [-0.2, -0.15) is 8.42 Å². The Morgan fingerprint density at radius 1 is 0.711 bits per heavy atom. The molecular formula is C36H38O8S. The second-order valence-corrected chi connectivity index (χ2v) is 15.5. The standard InChI is InChI=1S/C36H38O8S/c37-35(44-36(45(38,39)40)21-6-5-19-3-1-2-4-20(19)13-21)34-29(27-17-24-8-11-32(27)42-24)14-22(26-16-23-7-10-31(26)41-23)15-30(34)28-18-25-9-12-33(28)43-25/h1-6,13-15,23-28,31-33,36H,7-12,16-18H2,(H,38,39,40). The van der Waals surface area contributed by atoms with Crippen LogP contribution < -0.4 is 0 Å². The number of benzene rings is 3. The van der Waals surface area contributed by atoms with Crippen molar-refractivity contribution in [1.82, 2.24) is 0 Å². The molecule has 6 aliphatic rings. The van der Waals surface area contributed by atoms with Gasteiger partial charge in [-0.05, 0) is 91.3 Å². The maximum atomic E-state index is 14.6. The summed E-state index contributed by atoms with van der Waals surface area (Å²) in [5, 5.41) is 1.70. The minimum Gasteiger partial charge on any atom is -0.435 e. The first kappa shape index (κ1) is 28.4. The van der Waals surface area contributed by atoms with Crippen LogP contribution in [0.3, 0.4) is 0 Å². The molecule has 6 heterocycles. The number of esters is 1. The highest BCUT2D eigenvalue weighted by Gasteiger charge is 2.49. The van der Waals surface area contributed by atoms with E-state index in [0.29, 0.717) is 5.56 Å². The smallest absolute Gasteiger partial charge is 0.340 e. The van der Waals surface area contributed by atoms with E-state index in [1.165, 1.54) is 5.56 Å². The van der Waals surface area contributed by atoms with E-state index >= 15 is 0 Å². The summed E-state index contributed by atoms with van der Waals surface area (Å²) in [5.74, 6) is -0.451. The summed E-state index contributed by atoms with van der Waals surface area (Å²) < 4.78 is 61.0. The SMILES string of the molecule is O=C(OC(c1ccc2ccccc2c1)S(=O)(=O)O)c1c(C2CC3CCC2O3)cc(C2CC3CCC2O3)cc1C1CC2CCC1O2. The number of ether oxygens (including phenoxy) is 4. The van der Waals surface area contributed by atoms with E-state index in [1.54, 1.807) is 18.2 Å². The van der Waals surface area contributed by atoms with E-state index in [2.05, 4.69) is 12.1 Å². The Balaban J connectivity index is 1.17. The first-order valence-electron chi connectivity index (χ1n) is 16.6. The summed E-state index contributed by atoms with van der Waals surface area (Å²) in [7, 11) is -4.81. The number of fused-ring (bicyclic) bond motifs is 7. The summed E-state index contributed by atoms with van der Waals surface area (Å²) >= 11 is 0. The van der Waals surface area contributed by atoms with Crippen molar-refractivity contribution in [3.63, 3.8) is 0 Å². The first-order chi connectivity index (χ1) is 21.8. The molecular weight excluding hydrogens is 592 g/mol. The molecule has 9 heteroatoms. The average Bonchev–Trinajstić information content (AvgIpc) is 3.90. The maximum Gasteiger partial charge on any atom is 0.340 e. The molecule has 1 N–H and O–H groups in total. The van der Waals surface area contributed by atoms with Crippen molar-refractivity contribution in [3.05, 3.63) is 82.4 Å². The number of carbonyl (C=O) groups is 1. The van der Waals surface area contributed by atoms with E-state index in [-0.39, 0.29) is 59.9 Å². The van der Waals surface area contributed by atoms with Crippen LogP contribution in [0.1, 0.15) is 114 Å². The topological polar surface area (TPSA) is 108 Å². The Bertz CT molecular complexity index is 1740. The van der Waals surface area contributed by atoms with Crippen molar-refractivity contribution >= 4 is 26.9 Å². The molecule has 0 aromatic heterocycles. The van der Waals surface area contributed by atoms with Crippen LogP contribution in [0.15, 0.2) is 54.6 Å². The van der Waals surface area contributed by atoms with Crippen LogP contribution in [-0.2, 0) is 29.1 Å². The van der Waals surface area contributed by atoms with Crippen LogP contribution in [0.5, 0.6) is 0 Å². The fourth-order valence-electron chi connectivity index (χ4n) is 9.48. The van der Waals surface area contributed by atoms with Gasteiger partial charge in [-0.1, -0.05) is 48.5 Å². The molecule has 6 bridgehead atoms. The van der Waals surface area contributed by atoms with Crippen molar-refractivity contribution in [1.29, 1.82) is 0 Å². The molecule has 0 spiro atoms. The van der Waals surface area contributed by atoms with Gasteiger partial charge >= 0.3 is 16.1 Å². The number of hydrogen-bond donors (Lipinski definition) is 1. The molecule has 8 nitrogen and oxygen atoms in total. The van der Waals surface area contributed by atoms with Gasteiger partial charge in [-0.3, -0.25) is 4.55 Å². The van der Waals surface area contributed by atoms with Crippen molar-refractivity contribution in [2.45, 2.75) is 118 Å². The Labute approximate surface area is 263 Å². The van der Waals surface area contributed by atoms with Crippen LogP contribution in [-0.4, -0.2) is 55.6 Å². The molecule has 10 unspecified atom stereocenters. The Kier molecular flexibility index (Phi) is 6.69. The highest BCUT2D eigenvalue weighted by molar-refractivity contribution is 7.85. The molecule has 10 atom stereocenters. The molecule has 0 radical (unpaired) electrons. The molecule has 3 aromatic rings. The fourth-order valence-corrected chi connectivity index (χ4v) is 10.2. The van der Waals surface area contributed by atoms with Crippen molar-refractivity contribution in [3.8, 4) is 0 Å². The molecule has 236 valence electrons. The average molecular weight is 631 g/mol. The minimum absolute atomic E-state index is 0.00821. The summed E-state index contributed by atoms with van der Waals surface area (Å²) in [6.45, 7) is 0. The molecule has 45 heavy (non-hydrogen) atoms. The van der Waals surface area contributed by atoms with E-state index in [4.69, 9.17) is 18.9 Å². The minimum atomic E-state index is -4.81. The van der Waals surface area contributed by atoms with Gasteiger partial charge in [-0.15, -0.1) is 0 Å². The number of carbonyl (C=O) groups excluding carboxylic acids is 1. The Morgan fingerprint density at radius 3 is 1.73 bits per heavy atom. The maximum absolute atomic E-state index is 14.6. The van der Waals surface area contributed by atoms with Gasteiger partial charge in [0.25, 0.3) is 5.44 Å². The van der Waals surface area contributed by atoms with Crippen molar-refractivity contribution in [2.75, 3.05) is 0 Å². The zero-order chi connectivity index (χ0) is 30.4. The lowest BCUT2D eigenvalue weighted by atomic mass is 9.73. The normalized spacial score (nSPS) is 35.4. The van der Waals surface area contributed by atoms with Gasteiger partial charge in [0.2, 0.25) is 0 Å². The molecule has 3 aromatic carbocycles. The lowest BCUT2D eigenvalue weighted by molar-refractivity contribution is 0.0422. The molecule has 0 saturated carbocycles. The largest absolute Gasteiger partial charge is 0.435 e. The summed E-state index contributed by atoms with van der Waals surface area (Å²) in [5.41, 5.74) is 1.74. The third-order valence-electron chi connectivity index (χ3n) is 11.5. The van der Waals surface area contributed by atoms with Gasteiger partial charge in [0.05, 0.1) is 42.2 Å². The van der Waals surface area contributed by atoms with E-state index in [0.717, 1.165) is 79.7 Å². The zero-order valence-corrected chi connectivity index (χ0v) is 25.9. The Morgan fingerprint density at radius 2 is 1.24 bits per heavy atom. The van der Waals surface area contributed by atoms with Crippen LogP contribution in [0.4, 0.5) is 0 Å². The van der Waals surface area contributed by atoms with Gasteiger partial charge in [-0.25, -0.2) is 4.79 Å². The lowest BCUT2D eigenvalue weighted by Gasteiger charge is -2.30. The van der Waals surface area contributed by atoms with E-state index < -0.39 is 21.5 Å². The third kappa shape index (κ3) is 4.85. The lowest BCUT2D eigenvalue weighted by Crippen LogP contribution is -2.27. The van der Waals surface area contributed by atoms with Crippen LogP contribution in [0.2, 0.25) is 0 Å². The molecule has 6 aliphatic heterocycles. The quantitative estimate of drug-likeness (QED) is 0.227. The van der Waals surface area contributed by atoms with Crippen LogP contribution >= 0.6 is 0 Å². The van der Waals surface area contributed by atoms with Gasteiger partial charge in [0.1, 0.15) is 0 Å². The fraction of sp³-hybridized carbons (Fsp3) is 0.528. The van der Waals surface area contributed by atoms with E-state index in [1.807, 2.05) is 24.3 Å². The first-order valence-corrected chi connectivity index (χ1v) is 18.1. The van der Waals surface area contributed by atoms with Crippen LogP contribution in [0.25, 0.3) is 10.8 Å². The highest BCUT2D eigenvalue weighted by atomic mass is 32.2. The van der Waals surface area contributed by atoms with Gasteiger partial charge < -0.3 is 18.9 Å². The molecule has 6 fully saturated rings. The van der Waals surface area contributed by atoms with Crippen LogP contribution in [0, 0.1) is 0 Å². The molecule has 0 amide bonds. The predicted molar refractivity (Wildman–Crippen MR) is 166 cm³/mol. The molecule has 9 rings (SSSR count). The van der Waals surface area contributed by atoms with Gasteiger partial charge in [0, 0.05) is 23.3 Å². The van der Waals surface area contributed by atoms with Crippen molar-refractivity contribution in [2.24, 2.45) is 0 Å². The zero-order valence-electron chi connectivity index (χ0n) is 25.0. The van der Waals surface area contributed by atoms with Gasteiger partial charge in [0.15, 0.2) is 0 Å². The monoisotopic (exact) mass is 630 g/mol. The summed E-state index contributed by atoms with van der Waals surface area (Å²) in [6, 6.07) is 16.9. The summed E-state index contributed by atoms with van der Waals surface area (Å²) in [6.07, 6.45) is 9.45. The number of rotatable bonds is 7. The second kappa shape index (κ2) is 10.6. The highest BCUT2D eigenvalue weighted by Crippen LogP contribution is 2.52. The third-order valence-corrected chi connectivity index (χ3v) is 12.4. The Hall–Kier alpha value is -2.82. The predicted octanol–water partition coefficient (Wildman–Crippen LogP) is 6.69.